The zero-order valence-corrected chi connectivity index (χ0v) is 19.9. The number of hydrogen-bond acceptors (Lipinski definition) is 5. The summed E-state index contributed by atoms with van der Waals surface area (Å²) in [6.07, 6.45) is 0. The molecule has 0 bridgehead atoms. The number of ether oxygens (including phenoxy) is 1. The summed E-state index contributed by atoms with van der Waals surface area (Å²) in [5.74, 6) is 0.813. The van der Waals surface area contributed by atoms with Crippen molar-refractivity contribution in [1.29, 1.82) is 0 Å². The van der Waals surface area contributed by atoms with E-state index in [1.807, 2.05) is 30.3 Å². The van der Waals surface area contributed by atoms with Crippen molar-refractivity contribution in [3.63, 3.8) is 0 Å². The summed E-state index contributed by atoms with van der Waals surface area (Å²) < 4.78 is 18.5. The number of benzene rings is 3. The van der Waals surface area contributed by atoms with Crippen LogP contribution in [0.4, 0.5) is 21.6 Å². The first kappa shape index (κ1) is 22.9. The predicted molar refractivity (Wildman–Crippen MR) is 139 cm³/mol. The van der Waals surface area contributed by atoms with Gasteiger partial charge in [-0.2, -0.15) is 0 Å². The highest BCUT2D eigenvalue weighted by atomic mass is 35.5. The summed E-state index contributed by atoms with van der Waals surface area (Å²) >= 11 is 6.23. The fourth-order valence-corrected chi connectivity index (χ4v) is 4.56. The summed E-state index contributed by atoms with van der Waals surface area (Å²) in [4.78, 5) is 22.6. The van der Waals surface area contributed by atoms with E-state index in [2.05, 4.69) is 15.1 Å². The van der Waals surface area contributed by atoms with Gasteiger partial charge in [0.05, 0.1) is 23.2 Å². The van der Waals surface area contributed by atoms with Crippen molar-refractivity contribution in [2.45, 2.75) is 0 Å². The van der Waals surface area contributed by atoms with E-state index in [-0.39, 0.29) is 11.7 Å². The van der Waals surface area contributed by atoms with Crippen LogP contribution in [0.2, 0.25) is 5.02 Å². The van der Waals surface area contributed by atoms with E-state index in [1.165, 1.54) is 12.1 Å². The molecular weight excluding hydrogens is 467 g/mol. The number of halogens is 2. The third kappa shape index (κ3) is 4.86. The summed E-state index contributed by atoms with van der Waals surface area (Å²) in [7, 11) is 1.55. The maximum absolute atomic E-state index is 13.3. The second kappa shape index (κ2) is 9.80. The van der Waals surface area contributed by atoms with Gasteiger partial charge in [0.1, 0.15) is 17.4 Å². The molecule has 4 aromatic rings. The Bertz CT molecular complexity index is 1370. The molecule has 35 heavy (non-hydrogen) atoms. The molecule has 1 aliphatic heterocycles. The van der Waals surface area contributed by atoms with E-state index in [9.17, 15) is 9.18 Å². The van der Waals surface area contributed by atoms with Crippen LogP contribution in [0.25, 0.3) is 10.9 Å². The van der Waals surface area contributed by atoms with Gasteiger partial charge < -0.3 is 19.9 Å². The van der Waals surface area contributed by atoms with Crippen molar-refractivity contribution in [1.82, 2.24) is 4.98 Å². The lowest BCUT2D eigenvalue weighted by Crippen LogP contribution is -2.46. The Morgan fingerprint density at radius 2 is 1.69 bits per heavy atom. The molecule has 1 saturated heterocycles. The summed E-state index contributed by atoms with van der Waals surface area (Å²) in [5.41, 5.74) is 2.87. The molecule has 0 aliphatic carbocycles. The van der Waals surface area contributed by atoms with E-state index in [4.69, 9.17) is 21.3 Å². The fraction of sp³-hybridized carbons (Fsp3) is 0.185. The van der Waals surface area contributed by atoms with E-state index in [0.717, 1.165) is 48.6 Å². The van der Waals surface area contributed by atoms with Crippen molar-refractivity contribution in [2.75, 3.05) is 48.4 Å². The first-order valence-corrected chi connectivity index (χ1v) is 11.7. The number of methoxy groups -OCH3 is 1. The minimum atomic E-state index is -0.240. The number of para-hydroxylation sites is 1. The highest BCUT2D eigenvalue weighted by Gasteiger charge is 2.21. The molecule has 5 rings (SSSR count). The van der Waals surface area contributed by atoms with Crippen LogP contribution < -0.4 is 19.9 Å². The van der Waals surface area contributed by atoms with Crippen molar-refractivity contribution in [3.8, 4) is 5.75 Å². The van der Waals surface area contributed by atoms with Gasteiger partial charge in [0.25, 0.3) is 5.91 Å². The zero-order chi connectivity index (χ0) is 24.4. The fourth-order valence-electron chi connectivity index (χ4n) is 4.30. The molecule has 2 heterocycles. The first-order valence-electron chi connectivity index (χ1n) is 11.3. The predicted octanol–water partition coefficient (Wildman–Crippen LogP) is 5.61. The van der Waals surface area contributed by atoms with Gasteiger partial charge in [0, 0.05) is 42.9 Å². The third-order valence-electron chi connectivity index (χ3n) is 6.15. The monoisotopic (exact) mass is 490 g/mol. The number of hydrogen-bond donors (Lipinski definition) is 1. The average molecular weight is 491 g/mol. The quantitative estimate of drug-likeness (QED) is 0.394. The highest BCUT2D eigenvalue weighted by Crippen LogP contribution is 2.29. The second-order valence-electron chi connectivity index (χ2n) is 8.30. The topological polar surface area (TPSA) is 57.7 Å². The van der Waals surface area contributed by atoms with Crippen LogP contribution in [-0.4, -0.2) is 44.2 Å². The normalized spacial score (nSPS) is 13.7. The Kier molecular flexibility index (Phi) is 6.42. The van der Waals surface area contributed by atoms with Crippen molar-refractivity contribution in [2.24, 2.45) is 0 Å². The van der Waals surface area contributed by atoms with E-state index < -0.39 is 0 Å². The molecule has 1 fully saturated rings. The summed E-state index contributed by atoms with van der Waals surface area (Å²) in [6, 6.07) is 21.1. The number of aromatic nitrogens is 1. The third-order valence-corrected chi connectivity index (χ3v) is 6.45. The van der Waals surface area contributed by atoms with Crippen LogP contribution >= 0.6 is 11.6 Å². The van der Waals surface area contributed by atoms with Gasteiger partial charge in [0.15, 0.2) is 0 Å². The van der Waals surface area contributed by atoms with Gasteiger partial charge in [-0.1, -0.05) is 29.8 Å². The lowest BCUT2D eigenvalue weighted by Gasteiger charge is -2.37. The maximum atomic E-state index is 13.3. The van der Waals surface area contributed by atoms with Gasteiger partial charge in [-0.25, -0.2) is 9.37 Å². The number of piperazine rings is 1. The molecule has 6 nitrogen and oxygen atoms in total. The van der Waals surface area contributed by atoms with E-state index in [1.54, 1.807) is 37.4 Å². The smallest absolute Gasteiger partial charge is 0.256 e. The Hall–Kier alpha value is -3.84. The second-order valence-corrected chi connectivity index (χ2v) is 8.71. The van der Waals surface area contributed by atoms with Crippen LogP contribution in [0.3, 0.4) is 0 Å². The Morgan fingerprint density at radius 3 is 2.40 bits per heavy atom. The zero-order valence-electron chi connectivity index (χ0n) is 19.2. The molecule has 1 amide bonds. The van der Waals surface area contributed by atoms with Crippen LogP contribution in [-0.2, 0) is 0 Å². The van der Waals surface area contributed by atoms with Crippen LogP contribution in [0, 0.1) is 5.82 Å². The van der Waals surface area contributed by atoms with Crippen LogP contribution in [0.1, 0.15) is 10.4 Å². The van der Waals surface area contributed by atoms with E-state index in [0.29, 0.717) is 22.0 Å². The molecule has 1 aromatic heterocycles. The number of nitrogens with one attached hydrogen (secondary N) is 1. The number of carbonyl (C=O) groups excluding carboxylic acids is 1. The van der Waals surface area contributed by atoms with Crippen LogP contribution in [0.5, 0.6) is 5.75 Å². The molecule has 1 aliphatic rings. The summed E-state index contributed by atoms with van der Waals surface area (Å²) in [5, 5.41) is 4.14. The molecular formula is C27H24ClFN4O2. The van der Waals surface area contributed by atoms with Gasteiger partial charge >= 0.3 is 0 Å². The SMILES string of the molecule is COc1ccc(NC(=O)c2cc(N3CCN(c4ccc(F)cc4)CC3)nc3ccccc23)cc1Cl. The van der Waals surface area contributed by atoms with Crippen molar-refractivity contribution < 1.29 is 13.9 Å². The number of rotatable bonds is 5. The summed E-state index contributed by atoms with van der Waals surface area (Å²) in [6.45, 7) is 3.01. The number of nitrogens with zero attached hydrogens (tertiary/aromatic N) is 3. The maximum Gasteiger partial charge on any atom is 0.256 e. The largest absolute Gasteiger partial charge is 0.495 e. The van der Waals surface area contributed by atoms with Crippen molar-refractivity contribution >= 4 is 45.6 Å². The molecule has 0 atom stereocenters. The van der Waals surface area contributed by atoms with Gasteiger partial charge in [-0.3, -0.25) is 4.79 Å². The molecule has 8 heteroatoms. The van der Waals surface area contributed by atoms with Crippen LogP contribution in [0.15, 0.2) is 72.8 Å². The van der Waals surface area contributed by atoms with Gasteiger partial charge in [0.2, 0.25) is 0 Å². The standard InChI is InChI=1S/C27H24ClFN4O2/c1-35-25-11-8-19(16-23(25)28)30-27(34)22-17-26(31-24-5-3-2-4-21(22)24)33-14-12-32(13-15-33)20-9-6-18(29)7-10-20/h2-11,16-17H,12-15H2,1H3,(H,30,34). The lowest BCUT2D eigenvalue weighted by atomic mass is 10.1. The van der Waals surface area contributed by atoms with Gasteiger partial charge in [-0.05, 0) is 54.6 Å². The van der Waals surface area contributed by atoms with E-state index >= 15 is 0 Å². The first-order chi connectivity index (χ1) is 17.0. The lowest BCUT2D eigenvalue weighted by molar-refractivity contribution is 0.102. The number of anilines is 3. The minimum absolute atomic E-state index is 0.240. The minimum Gasteiger partial charge on any atom is -0.495 e. The molecule has 0 radical (unpaired) electrons. The molecule has 0 saturated carbocycles. The van der Waals surface area contributed by atoms with Gasteiger partial charge in [-0.15, -0.1) is 0 Å². The highest BCUT2D eigenvalue weighted by molar-refractivity contribution is 6.32. The van der Waals surface area contributed by atoms with Crippen molar-refractivity contribution in [3.05, 3.63) is 89.2 Å². The molecule has 3 aromatic carbocycles. The molecule has 0 spiro atoms. The number of pyridine rings is 1. The average Bonchev–Trinajstić information content (AvgIpc) is 2.88. The number of amides is 1. The molecule has 0 unspecified atom stereocenters. The Balaban J connectivity index is 1.39. The number of carbonyl (C=O) groups is 1. The number of fused-ring (bicyclic) bond motifs is 1. The molecule has 1 N–H and O–H groups in total. The Morgan fingerprint density at radius 1 is 0.971 bits per heavy atom. The Labute approximate surface area is 207 Å². The molecule has 178 valence electrons.